The third-order valence-electron chi connectivity index (χ3n) is 4.17. The molecule has 0 N–H and O–H groups in total. The summed E-state index contributed by atoms with van der Waals surface area (Å²) >= 11 is 6.08. The molecule has 2 rings (SSSR count). The van der Waals surface area contributed by atoms with Crippen LogP contribution in [0.5, 0.6) is 0 Å². The maximum atomic E-state index is 12.8. The average molecular weight is 403 g/mol. The Kier molecular flexibility index (Phi) is 6.65. The van der Waals surface area contributed by atoms with E-state index in [0.29, 0.717) is 13.1 Å². The second-order valence-corrected chi connectivity index (χ2v) is 8.70. The van der Waals surface area contributed by atoms with E-state index < -0.39 is 22.1 Å². The highest BCUT2D eigenvalue weighted by Gasteiger charge is 2.29. The number of carbonyl (C=O) groups is 2. The van der Waals surface area contributed by atoms with Crippen LogP contribution in [0.2, 0.25) is 5.02 Å². The first-order valence-corrected chi connectivity index (χ1v) is 10.2. The van der Waals surface area contributed by atoms with E-state index in [-0.39, 0.29) is 21.4 Å². The first kappa shape index (κ1) is 20.7. The van der Waals surface area contributed by atoms with E-state index in [9.17, 15) is 18.0 Å². The highest BCUT2D eigenvalue weighted by molar-refractivity contribution is 7.89. The summed E-state index contributed by atoms with van der Waals surface area (Å²) in [4.78, 5) is 25.3. The average Bonchev–Trinajstić information content (AvgIpc) is 2.61. The molecule has 1 saturated heterocycles. The van der Waals surface area contributed by atoms with Gasteiger partial charge in [0, 0.05) is 27.2 Å². The predicted octanol–water partition coefficient (Wildman–Crippen LogP) is 2.15. The van der Waals surface area contributed by atoms with Gasteiger partial charge in [0.15, 0.2) is 6.10 Å². The lowest BCUT2D eigenvalue weighted by molar-refractivity contribution is -0.137. The number of sulfonamides is 1. The Hall–Kier alpha value is -1.64. The van der Waals surface area contributed by atoms with Crippen LogP contribution in [-0.4, -0.2) is 62.8 Å². The highest BCUT2D eigenvalue weighted by Crippen LogP contribution is 2.28. The molecule has 0 saturated carbocycles. The van der Waals surface area contributed by atoms with E-state index in [1.807, 2.05) is 0 Å². The zero-order chi connectivity index (χ0) is 19.5. The number of halogens is 1. The normalized spacial score (nSPS) is 16.8. The van der Waals surface area contributed by atoms with E-state index in [1.165, 1.54) is 34.3 Å². The highest BCUT2D eigenvalue weighted by atomic mass is 35.5. The molecule has 0 aromatic heterocycles. The molecule has 1 aliphatic heterocycles. The fraction of sp³-hybridized carbons (Fsp3) is 0.529. The number of hydrogen-bond donors (Lipinski definition) is 0. The third kappa shape index (κ3) is 4.55. The number of amides is 1. The fourth-order valence-corrected chi connectivity index (χ4v) is 4.73. The molecule has 144 valence electrons. The second kappa shape index (κ2) is 8.37. The van der Waals surface area contributed by atoms with Gasteiger partial charge in [0.1, 0.15) is 4.90 Å². The molecule has 9 heteroatoms. The first-order chi connectivity index (χ1) is 12.1. The van der Waals surface area contributed by atoms with Crippen LogP contribution in [-0.2, 0) is 19.6 Å². The molecule has 0 bridgehead atoms. The van der Waals surface area contributed by atoms with E-state index >= 15 is 0 Å². The number of hydrogen-bond acceptors (Lipinski definition) is 5. The number of ether oxygens (including phenoxy) is 1. The van der Waals surface area contributed by atoms with Crippen LogP contribution < -0.4 is 0 Å². The summed E-state index contributed by atoms with van der Waals surface area (Å²) in [6.07, 6.45) is 1.60. The Morgan fingerprint density at radius 3 is 2.38 bits per heavy atom. The van der Waals surface area contributed by atoms with Gasteiger partial charge in [-0.25, -0.2) is 13.2 Å². The predicted molar refractivity (Wildman–Crippen MR) is 97.6 cm³/mol. The molecule has 0 unspecified atom stereocenters. The Bertz CT molecular complexity index is 788. The Balaban J connectivity index is 2.26. The molecule has 1 aromatic rings. The number of benzene rings is 1. The minimum absolute atomic E-state index is 0.0309. The summed E-state index contributed by atoms with van der Waals surface area (Å²) in [5, 5.41) is 0.0459. The molecule has 1 aliphatic rings. The van der Waals surface area contributed by atoms with Crippen molar-refractivity contribution in [2.45, 2.75) is 37.2 Å². The number of esters is 1. The van der Waals surface area contributed by atoms with Crippen molar-refractivity contribution in [3.63, 3.8) is 0 Å². The van der Waals surface area contributed by atoms with Crippen molar-refractivity contribution in [2.75, 3.05) is 27.2 Å². The van der Waals surface area contributed by atoms with E-state index in [2.05, 4.69) is 0 Å². The van der Waals surface area contributed by atoms with Crippen molar-refractivity contribution in [3.05, 3.63) is 28.8 Å². The van der Waals surface area contributed by atoms with Crippen LogP contribution in [0.1, 0.15) is 36.5 Å². The van der Waals surface area contributed by atoms with Crippen molar-refractivity contribution < 1.29 is 22.7 Å². The van der Waals surface area contributed by atoms with Crippen molar-refractivity contribution in [1.29, 1.82) is 0 Å². The number of rotatable bonds is 5. The fourth-order valence-electron chi connectivity index (χ4n) is 2.71. The van der Waals surface area contributed by atoms with Gasteiger partial charge in [-0.05, 0) is 38.0 Å². The van der Waals surface area contributed by atoms with Gasteiger partial charge >= 0.3 is 5.97 Å². The van der Waals surface area contributed by atoms with Crippen LogP contribution in [0.3, 0.4) is 0 Å². The van der Waals surface area contributed by atoms with E-state index in [1.54, 1.807) is 14.1 Å². The summed E-state index contributed by atoms with van der Waals surface area (Å²) in [6, 6.07) is 3.95. The largest absolute Gasteiger partial charge is 0.449 e. The number of piperidine rings is 1. The number of carbonyl (C=O) groups excluding carboxylic acids is 2. The summed E-state index contributed by atoms with van der Waals surface area (Å²) in [5.41, 5.74) is 0.0309. The van der Waals surface area contributed by atoms with Gasteiger partial charge in [-0.1, -0.05) is 18.0 Å². The van der Waals surface area contributed by atoms with Crippen molar-refractivity contribution in [2.24, 2.45) is 0 Å². The summed E-state index contributed by atoms with van der Waals surface area (Å²) in [5.74, 6) is -1.15. The third-order valence-corrected chi connectivity index (χ3v) is 6.55. The molecule has 1 amide bonds. The van der Waals surface area contributed by atoms with Crippen LogP contribution in [0, 0.1) is 0 Å². The maximum Gasteiger partial charge on any atom is 0.338 e. The minimum Gasteiger partial charge on any atom is -0.449 e. The lowest BCUT2D eigenvalue weighted by Crippen LogP contribution is -2.36. The molecule has 7 nitrogen and oxygen atoms in total. The molecule has 1 heterocycles. The van der Waals surface area contributed by atoms with Gasteiger partial charge in [0.25, 0.3) is 5.91 Å². The Morgan fingerprint density at radius 2 is 1.81 bits per heavy atom. The number of nitrogens with zero attached hydrogens (tertiary/aromatic N) is 2. The molecule has 1 atom stereocenters. The maximum absolute atomic E-state index is 12.8. The smallest absolute Gasteiger partial charge is 0.338 e. The van der Waals surface area contributed by atoms with E-state index in [4.69, 9.17) is 16.3 Å². The van der Waals surface area contributed by atoms with Gasteiger partial charge in [-0.2, -0.15) is 4.31 Å². The van der Waals surface area contributed by atoms with Gasteiger partial charge in [-0.15, -0.1) is 0 Å². The molecule has 0 aliphatic carbocycles. The van der Waals surface area contributed by atoms with Crippen LogP contribution in [0.25, 0.3) is 0 Å². The van der Waals surface area contributed by atoms with Crippen molar-refractivity contribution in [3.8, 4) is 0 Å². The quantitative estimate of drug-likeness (QED) is 0.704. The van der Waals surface area contributed by atoms with Gasteiger partial charge in [-0.3, -0.25) is 4.79 Å². The summed E-state index contributed by atoms with van der Waals surface area (Å²) in [6.45, 7) is 2.32. The lowest BCUT2D eigenvalue weighted by atomic mass is 10.2. The molecule has 1 fully saturated rings. The summed E-state index contributed by atoms with van der Waals surface area (Å²) < 4.78 is 32.2. The van der Waals surface area contributed by atoms with Gasteiger partial charge < -0.3 is 9.64 Å². The molecule has 0 radical (unpaired) electrons. The molecule has 1 aromatic carbocycles. The zero-order valence-corrected chi connectivity index (χ0v) is 16.6. The monoisotopic (exact) mass is 402 g/mol. The molecule has 26 heavy (non-hydrogen) atoms. The summed E-state index contributed by atoms with van der Waals surface area (Å²) in [7, 11) is -0.681. The second-order valence-electron chi connectivity index (χ2n) is 6.39. The SMILES string of the molecule is C[C@H](OC(=O)c1ccc(Cl)c(S(=O)(=O)N2CCCCC2)c1)C(=O)N(C)C. The molecule has 0 spiro atoms. The van der Waals surface area contributed by atoms with Gasteiger partial charge in [0.2, 0.25) is 10.0 Å². The van der Waals surface area contributed by atoms with Gasteiger partial charge in [0.05, 0.1) is 10.6 Å². The van der Waals surface area contributed by atoms with Crippen molar-refractivity contribution in [1.82, 2.24) is 9.21 Å². The number of likely N-dealkylation sites (N-methyl/N-ethyl adjacent to an activating group) is 1. The Morgan fingerprint density at radius 1 is 1.19 bits per heavy atom. The topological polar surface area (TPSA) is 84.0 Å². The minimum atomic E-state index is -3.79. The van der Waals surface area contributed by atoms with Crippen LogP contribution >= 0.6 is 11.6 Å². The Labute approximate surface area is 158 Å². The zero-order valence-electron chi connectivity index (χ0n) is 15.1. The first-order valence-electron chi connectivity index (χ1n) is 8.36. The van der Waals surface area contributed by atoms with Crippen molar-refractivity contribution >= 4 is 33.5 Å². The van der Waals surface area contributed by atoms with Crippen LogP contribution in [0.15, 0.2) is 23.1 Å². The molecular weight excluding hydrogens is 380 g/mol. The lowest BCUT2D eigenvalue weighted by Gasteiger charge is -2.26. The van der Waals surface area contributed by atoms with E-state index in [0.717, 1.165) is 19.3 Å². The van der Waals surface area contributed by atoms with Crippen LogP contribution in [0.4, 0.5) is 0 Å². The standard InChI is InChI=1S/C17H23ClN2O5S/c1-12(16(21)19(2)3)25-17(22)13-7-8-14(18)15(11-13)26(23,24)20-9-5-4-6-10-20/h7-8,11-12H,4-6,9-10H2,1-3H3/t12-/m0/s1. The molecular formula is C17H23ClN2O5S.